The van der Waals surface area contributed by atoms with Gasteiger partial charge in [0, 0.05) is 44.6 Å². The van der Waals surface area contributed by atoms with Gasteiger partial charge in [0.25, 0.3) is 0 Å². The Labute approximate surface area is 140 Å². The number of ketones is 1. The summed E-state index contributed by atoms with van der Waals surface area (Å²) in [5.41, 5.74) is 0. The molecule has 1 aliphatic rings. The summed E-state index contributed by atoms with van der Waals surface area (Å²) in [6, 6.07) is 0.228. The van der Waals surface area contributed by atoms with E-state index in [2.05, 4.69) is 12.2 Å². The molecule has 0 aromatic carbocycles. The van der Waals surface area contributed by atoms with Crippen LogP contribution in [0.5, 0.6) is 0 Å². The van der Waals surface area contributed by atoms with E-state index in [1.165, 1.54) is 0 Å². The van der Waals surface area contributed by atoms with Gasteiger partial charge in [-0.1, -0.05) is 13.8 Å². The van der Waals surface area contributed by atoms with Crippen LogP contribution in [0.25, 0.3) is 0 Å². The van der Waals surface area contributed by atoms with E-state index in [4.69, 9.17) is 9.47 Å². The third-order valence-corrected chi connectivity index (χ3v) is 4.30. The molecule has 0 saturated heterocycles. The topological polar surface area (TPSA) is 64.6 Å². The first-order valence-electron chi connectivity index (χ1n) is 9.14. The minimum absolute atomic E-state index is 0.0532. The van der Waals surface area contributed by atoms with E-state index in [0.29, 0.717) is 31.8 Å². The fraction of sp³-hybridized carbons (Fsp3) is 0.889. The predicted octanol–water partition coefficient (Wildman–Crippen LogP) is 2.86. The summed E-state index contributed by atoms with van der Waals surface area (Å²) in [5.74, 6) is 0.634. The van der Waals surface area contributed by atoms with Crippen LogP contribution < -0.4 is 5.32 Å². The Morgan fingerprint density at radius 3 is 2.22 bits per heavy atom. The van der Waals surface area contributed by atoms with Gasteiger partial charge in [-0.05, 0) is 38.5 Å². The van der Waals surface area contributed by atoms with Crippen LogP contribution in [0.4, 0.5) is 0 Å². The molecule has 1 N–H and O–H groups in total. The molecule has 134 valence electrons. The highest BCUT2D eigenvalue weighted by Gasteiger charge is 2.25. The molecule has 5 heteroatoms. The number of rotatable bonds is 12. The standard InChI is InChI=1S/C18H33NO4/c1-3-11-22-12-5-13-23-14-10-18(21)19-16-8-6-15(7-9-16)17(20)4-2/h15-16H,3-14H2,1-2H3,(H,19,21). The summed E-state index contributed by atoms with van der Waals surface area (Å²) in [6.45, 7) is 6.63. The first-order chi connectivity index (χ1) is 11.2. The zero-order valence-corrected chi connectivity index (χ0v) is 14.8. The molecule has 1 saturated carbocycles. The van der Waals surface area contributed by atoms with Crippen LogP contribution >= 0.6 is 0 Å². The number of hydrogen-bond acceptors (Lipinski definition) is 4. The van der Waals surface area contributed by atoms with E-state index in [-0.39, 0.29) is 17.9 Å². The number of amides is 1. The number of Topliss-reactive ketones (excluding diaryl/α,β-unsaturated/α-hetero) is 1. The summed E-state index contributed by atoms with van der Waals surface area (Å²) >= 11 is 0. The van der Waals surface area contributed by atoms with Crippen molar-refractivity contribution in [3.63, 3.8) is 0 Å². The van der Waals surface area contributed by atoms with Crippen LogP contribution in [0.2, 0.25) is 0 Å². The maximum absolute atomic E-state index is 11.9. The Kier molecular flexibility index (Phi) is 10.9. The van der Waals surface area contributed by atoms with Gasteiger partial charge in [0.1, 0.15) is 5.78 Å². The van der Waals surface area contributed by atoms with Crippen molar-refractivity contribution in [3.8, 4) is 0 Å². The summed E-state index contributed by atoms with van der Waals surface area (Å²) in [4.78, 5) is 23.5. The molecule has 0 aromatic rings. The second-order valence-corrected chi connectivity index (χ2v) is 6.26. The fourth-order valence-corrected chi connectivity index (χ4v) is 2.92. The molecule has 0 atom stereocenters. The van der Waals surface area contributed by atoms with E-state index < -0.39 is 0 Å². The van der Waals surface area contributed by atoms with Crippen molar-refractivity contribution in [1.82, 2.24) is 5.32 Å². The van der Waals surface area contributed by atoms with Gasteiger partial charge < -0.3 is 14.8 Å². The molecule has 0 aliphatic heterocycles. The third-order valence-electron chi connectivity index (χ3n) is 4.30. The van der Waals surface area contributed by atoms with Crippen LogP contribution in [0.1, 0.15) is 65.2 Å². The van der Waals surface area contributed by atoms with Gasteiger partial charge in [0.2, 0.25) is 5.91 Å². The van der Waals surface area contributed by atoms with Gasteiger partial charge in [0.15, 0.2) is 0 Å². The van der Waals surface area contributed by atoms with Gasteiger partial charge in [-0.3, -0.25) is 9.59 Å². The lowest BCUT2D eigenvalue weighted by molar-refractivity contribution is -0.124. The van der Waals surface area contributed by atoms with Crippen LogP contribution in [0, 0.1) is 5.92 Å². The normalized spacial score (nSPS) is 21.1. The number of ether oxygens (including phenoxy) is 2. The highest BCUT2D eigenvalue weighted by atomic mass is 16.5. The van der Waals surface area contributed by atoms with Gasteiger partial charge in [-0.15, -0.1) is 0 Å². The highest BCUT2D eigenvalue weighted by molar-refractivity contribution is 5.80. The molecule has 0 spiro atoms. The van der Waals surface area contributed by atoms with Crippen molar-refractivity contribution in [1.29, 1.82) is 0 Å². The zero-order valence-electron chi connectivity index (χ0n) is 14.8. The van der Waals surface area contributed by atoms with E-state index in [1.54, 1.807) is 0 Å². The molecule has 1 amide bonds. The Hall–Kier alpha value is -0.940. The van der Waals surface area contributed by atoms with Gasteiger partial charge in [0.05, 0.1) is 6.61 Å². The first kappa shape index (κ1) is 20.1. The largest absolute Gasteiger partial charge is 0.381 e. The summed E-state index contributed by atoms with van der Waals surface area (Å²) in [7, 11) is 0. The van der Waals surface area contributed by atoms with Gasteiger partial charge >= 0.3 is 0 Å². The Morgan fingerprint density at radius 2 is 1.61 bits per heavy atom. The van der Waals surface area contributed by atoms with E-state index in [0.717, 1.165) is 51.7 Å². The quantitative estimate of drug-likeness (QED) is 0.560. The molecular formula is C18H33NO4. The molecule has 23 heavy (non-hydrogen) atoms. The minimum Gasteiger partial charge on any atom is -0.381 e. The van der Waals surface area contributed by atoms with Crippen molar-refractivity contribution in [2.24, 2.45) is 5.92 Å². The molecule has 1 aliphatic carbocycles. The van der Waals surface area contributed by atoms with Gasteiger partial charge in [-0.25, -0.2) is 0 Å². The van der Waals surface area contributed by atoms with Gasteiger partial charge in [-0.2, -0.15) is 0 Å². The van der Waals surface area contributed by atoms with Crippen molar-refractivity contribution >= 4 is 11.7 Å². The lowest BCUT2D eigenvalue weighted by Crippen LogP contribution is -2.39. The monoisotopic (exact) mass is 327 g/mol. The number of carbonyl (C=O) groups is 2. The molecule has 0 heterocycles. The zero-order chi connectivity index (χ0) is 16.9. The average molecular weight is 327 g/mol. The van der Waals surface area contributed by atoms with Crippen molar-refractivity contribution in [2.45, 2.75) is 71.3 Å². The summed E-state index contributed by atoms with van der Waals surface area (Å²) < 4.78 is 10.8. The number of carbonyl (C=O) groups excluding carboxylic acids is 2. The van der Waals surface area contributed by atoms with E-state index in [9.17, 15) is 9.59 Å². The molecule has 0 bridgehead atoms. The molecule has 1 rings (SSSR count). The molecule has 5 nitrogen and oxygen atoms in total. The van der Waals surface area contributed by atoms with E-state index in [1.807, 2.05) is 6.92 Å². The second kappa shape index (κ2) is 12.5. The Morgan fingerprint density at radius 1 is 0.957 bits per heavy atom. The number of hydrogen-bond donors (Lipinski definition) is 1. The average Bonchev–Trinajstić information content (AvgIpc) is 2.57. The minimum atomic E-state index is 0.0532. The van der Waals surface area contributed by atoms with Crippen LogP contribution in [0.3, 0.4) is 0 Å². The molecule has 0 unspecified atom stereocenters. The molecule has 1 fully saturated rings. The molecular weight excluding hydrogens is 294 g/mol. The van der Waals surface area contributed by atoms with E-state index >= 15 is 0 Å². The highest BCUT2D eigenvalue weighted by Crippen LogP contribution is 2.25. The lowest BCUT2D eigenvalue weighted by atomic mass is 9.83. The Balaban J connectivity index is 1.99. The predicted molar refractivity (Wildman–Crippen MR) is 90.3 cm³/mol. The Bertz CT molecular complexity index is 338. The second-order valence-electron chi connectivity index (χ2n) is 6.26. The fourth-order valence-electron chi connectivity index (χ4n) is 2.92. The maximum atomic E-state index is 11.9. The van der Waals surface area contributed by atoms with Crippen LogP contribution in [-0.2, 0) is 19.1 Å². The smallest absolute Gasteiger partial charge is 0.222 e. The van der Waals surface area contributed by atoms with Crippen molar-refractivity contribution in [3.05, 3.63) is 0 Å². The van der Waals surface area contributed by atoms with Crippen LogP contribution in [0.15, 0.2) is 0 Å². The lowest BCUT2D eigenvalue weighted by Gasteiger charge is -2.28. The summed E-state index contributed by atoms with van der Waals surface area (Å²) in [6.07, 6.45) is 6.59. The first-order valence-corrected chi connectivity index (χ1v) is 9.14. The number of nitrogens with one attached hydrogen (secondary N) is 1. The molecule has 0 aromatic heterocycles. The van der Waals surface area contributed by atoms with Crippen molar-refractivity contribution < 1.29 is 19.1 Å². The summed E-state index contributed by atoms with van der Waals surface area (Å²) in [5, 5.41) is 3.06. The van der Waals surface area contributed by atoms with Crippen molar-refractivity contribution in [2.75, 3.05) is 26.4 Å². The SMILES string of the molecule is CCCOCCCOCCC(=O)NC1CCC(C(=O)CC)CC1. The van der Waals surface area contributed by atoms with Crippen LogP contribution in [-0.4, -0.2) is 44.2 Å². The molecule has 0 radical (unpaired) electrons. The maximum Gasteiger partial charge on any atom is 0.222 e. The third kappa shape index (κ3) is 9.06.